The van der Waals surface area contributed by atoms with E-state index in [4.69, 9.17) is 16.3 Å². The molecule has 24 heavy (non-hydrogen) atoms. The van der Waals surface area contributed by atoms with Crippen LogP contribution in [-0.2, 0) is 4.79 Å². The monoisotopic (exact) mass is 410 g/mol. The van der Waals surface area contributed by atoms with Gasteiger partial charge in [0.05, 0.1) is 18.1 Å². The van der Waals surface area contributed by atoms with Gasteiger partial charge in [-0.1, -0.05) is 17.7 Å². The van der Waals surface area contributed by atoms with Crippen LogP contribution in [0.15, 0.2) is 40.9 Å². The third kappa shape index (κ3) is 4.97. The maximum absolute atomic E-state index is 12.1. The molecule has 0 aliphatic carbocycles. The molecule has 2 aromatic rings. The van der Waals surface area contributed by atoms with Crippen molar-refractivity contribution in [2.45, 2.75) is 19.9 Å². The Hall–Kier alpha value is -1.56. The van der Waals surface area contributed by atoms with Crippen LogP contribution in [-0.4, -0.2) is 19.6 Å². The van der Waals surface area contributed by atoms with Gasteiger partial charge in [-0.15, -0.1) is 0 Å². The Morgan fingerprint density at radius 2 is 2.04 bits per heavy atom. The van der Waals surface area contributed by atoms with Crippen molar-refractivity contribution in [1.82, 2.24) is 5.32 Å². The van der Waals surface area contributed by atoms with Crippen molar-refractivity contribution < 1.29 is 9.53 Å². The van der Waals surface area contributed by atoms with Gasteiger partial charge in [0.15, 0.2) is 0 Å². The molecule has 0 spiro atoms. The zero-order valence-electron chi connectivity index (χ0n) is 13.8. The molecule has 1 amide bonds. The van der Waals surface area contributed by atoms with Crippen molar-refractivity contribution in [3.05, 3.63) is 57.0 Å². The van der Waals surface area contributed by atoms with E-state index in [0.717, 1.165) is 27.0 Å². The van der Waals surface area contributed by atoms with E-state index in [1.165, 1.54) is 0 Å². The number of anilines is 1. The van der Waals surface area contributed by atoms with Crippen molar-refractivity contribution in [3.8, 4) is 5.75 Å². The van der Waals surface area contributed by atoms with Gasteiger partial charge in [0.25, 0.3) is 0 Å². The second-order valence-electron chi connectivity index (χ2n) is 5.50. The molecule has 6 heteroatoms. The number of ether oxygens (including phenoxy) is 1. The average molecular weight is 412 g/mol. The maximum atomic E-state index is 12.1. The van der Waals surface area contributed by atoms with E-state index in [1.54, 1.807) is 19.2 Å². The molecule has 0 bridgehead atoms. The Morgan fingerprint density at radius 1 is 1.29 bits per heavy atom. The molecule has 128 valence electrons. The SMILES string of the molecule is COc1ccc([C@H](C)NCC(=O)Nc2ccc(Cl)cc2C)cc1Br. The topological polar surface area (TPSA) is 50.4 Å². The number of aryl methyl sites for hydroxylation is 1. The van der Waals surface area contributed by atoms with E-state index in [0.29, 0.717) is 5.02 Å². The molecule has 0 fully saturated rings. The smallest absolute Gasteiger partial charge is 0.238 e. The van der Waals surface area contributed by atoms with Crippen LogP contribution in [0.25, 0.3) is 0 Å². The Bertz CT molecular complexity index is 737. The van der Waals surface area contributed by atoms with E-state index in [9.17, 15) is 4.79 Å². The number of carbonyl (C=O) groups excluding carboxylic acids is 1. The van der Waals surface area contributed by atoms with Crippen LogP contribution in [0.4, 0.5) is 5.69 Å². The molecule has 0 saturated carbocycles. The zero-order valence-corrected chi connectivity index (χ0v) is 16.2. The van der Waals surface area contributed by atoms with Crippen LogP contribution in [0.1, 0.15) is 24.1 Å². The molecule has 4 nitrogen and oxygen atoms in total. The summed E-state index contributed by atoms with van der Waals surface area (Å²) in [6.07, 6.45) is 0. The molecule has 1 atom stereocenters. The Morgan fingerprint density at radius 3 is 2.67 bits per heavy atom. The second kappa shape index (κ2) is 8.51. The van der Waals surface area contributed by atoms with E-state index in [1.807, 2.05) is 38.1 Å². The summed E-state index contributed by atoms with van der Waals surface area (Å²) in [5.74, 6) is 0.682. The fourth-order valence-corrected chi connectivity index (χ4v) is 3.06. The van der Waals surface area contributed by atoms with Crippen LogP contribution >= 0.6 is 27.5 Å². The molecule has 2 N–H and O–H groups in total. The van der Waals surface area contributed by atoms with E-state index < -0.39 is 0 Å². The van der Waals surface area contributed by atoms with Gasteiger partial charge in [0.2, 0.25) is 5.91 Å². The largest absolute Gasteiger partial charge is 0.496 e. The van der Waals surface area contributed by atoms with Gasteiger partial charge in [0.1, 0.15) is 5.75 Å². The summed E-state index contributed by atoms with van der Waals surface area (Å²) in [6, 6.07) is 11.3. The van der Waals surface area contributed by atoms with Gasteiger partial charge in [0, 0.05) is 16.8 Å². The summed E-state index contributed by atoms with van der Waals surface area (Å²) in [4.78, 5) is 12.1. The number of rotatable bonds is 6. The number of methoxy groups -OCH3 is 1. The third-order valence-electron chi connectivity index (χ3n) is 3.71. The first-order valence-electron chi connectivity index (χ1n) is 7.53. The first-order valence-corrected chi connectivity index (χ1v) is 8.70. The lowest BCUT2D eigenvalue weighted by molar-refractivity contribution is -0.115. The summed E-state index contributed by atoms with van der Waals surface area (Å²) < 4.78 is 6.11. The number of amides is 1. The normalized spacial score (nSPS) is 11.9. The highest BCUT2D eigenvalue weighted by molar-refractivity contribution is 9.10. The minimum Gasteiger partial charge on any atom is -0.496 e. The zero-order chi connectivity index (χ0) is 17.7. The fraction of sp³-hybridized carbons (Fsp3) is 0.278. The minimum atomic E-state index is -0.0974. The highest BCUT2D eigenvalue weighted by Crippen LogP contribution is 2.28. The van der Waals surface area contributed by atoms with Crippen LogP contribution in [0.3, 0.4) is 0 Å². The molecular formula is C18H20BrClN2O2. The molecule has 0 heterocycles. The molecule has 2 rings (SSSR count). The number of hydrogen-bond donors (Lipinski definition) is 2. The number of hydrogen-bond acceptors (Lipinski definition) is 3. The van der Waals surface area contributed by atoms with Gasteiger partial charge in [-0.2, -0.15) is 0 Å². The Labute approximate surface area is 155 Å². The van der Waals surface area contributed by atoms with Crippen LogP contribution in [0.2, 0.25) is 5.02 Å². The van der Waals surface area contributed by atoms with Gasteiger partial charge in [-0.3, -0.25) is 4.79 Å². The third-order valence-corrected chi connectivity index (χ3v) is 4.56. The maximum Gasteiger partial charge on any atom is 0.238 e. The molecule has 0 aliphatic rings. The van der Waals surface area contributed by atoms with E-state index in [-0.39, 0.29) is 18.5 Å². The predicted octanol–water partition coefficient (Wildman–Crippen LogP) is 4.71. The standard InChI is InChI=1S/C18H20BrClN2O2/c1-11-8-14(20)5-6-16(11)22-18(23)10-21-12(2)13-4-7-17(24-3)15(19)9-13/h4-9,12,21H,10H2,1-3H3,(H,22,23)/t12-/m0/s1. The van der Waals surface area contributed by atoms with Gasteiger partial charge in [-0.25, -0.2) is 0 Å². The van der Waals surface area contributed by atoms with Gasteiger partial charge >= 0.3 is 0 Å². The summed E-state index contributed by atoms with van der Waals surface area (Å²) in [5.41, 5.74) is 2.77. The van der Waals surface area contributed by atoms with Crippen molar-refractivity contribution >= 4 is 39.1 Å². The van der Waals surface area contributed by atoms with Crippen LogP contribution < -0.4 is 15.4 Å². The molecular weight excluding hydrogens is 392 g/mol. The summed E-state index contributed by atoms with van der Waals surface area (Å²) >= 11 is 9.39. The molecule has 0 unspecified atom stereocenters. The highest BCUT2D eigenvalue weighted by atomic mass is 79.9. The second-order valence-corrected chi connectivity index (χ2v) is 6.79. The summed E-state index contributed by atoms with van der Waals surface area (Å²) in [7, 11) is 1.63. The molecule has 0 saturated heterocycles. The number of nitrogens with one attached hydrogen (secondary N) is 2. The Balaban J connectivity index is 1.92. The highest BCUT2D eigenvalue weighted by Gasteiger charge is 2.11. The Kier molecular flexibility index (Phi) is 6.66. The average Bonchev–Trinajstić information content (AvgIpc) is 2.55. The van der Waals surface area contributed by atoms with Crippen LogP contribution in [0, 0.1) is 6.92 Å². The van der Waals surface area contributed by atoms with Gasteiger partial charge < -0.3 is 15.4 Å². The van der Waals surface area contributed by atoms with E-state index in [2.05, 4.69) is 26.6 Å². The number of halogens is 2. The number of benzene rings is 2. The lowest BCUT2D eigenvalue weighted by Gasteiger charge is -2.16. The molecule has 0 radical (unpaired) electrons. The van der Waals surface area contributed by atoms with Crippen molar-refractivity contribution in [3.63, 3.8) is 0 Å². The lowest BCUT2D eigenvalue weighted by Crippen LogP contribution is -2.30. The number of carbonyl (C=O) groups is 1. The molecule has 2 aromatic carbocycles. The fourth-order valence-electron chi connectivity index (χ4n) is 2.28. The predicted molar refractivity (Wildman–Crippen MR) is 102 cm³/mol. The van der Waals surface area contributed by atoms with Crippen molar-refractivity contribution in [2.75, 3.05) is 19.0 Å². The summed E-state index contributed by atoms with van der Waals surface area (Å²) in [6.45, 7) is 4.13. The van der Waals surface area contributed by atoms with E-state index >= 15 is 0 Å². The van der Waals surface area contributed by atoms with Crippen molar-refractivity contribution in [1.29, 1.82) is 0 Å². The minimum absolute atomic E-state index is 0.0317. The van der Waals surface area contributed by atoms with Crippen LogP contribution in [0.5, 0.6) is 5.75 Å². The van der Waals surface area contributed by atoms with Gasteiger partial charge in [-0.05, 0) is 71.2 Å². The molecule has 0 aromatic heterocycles. The lowest BCUT2D eigenvalue weighted by atomic mass is 10.1. The summed E-state index contributed by atoms with van der Waals surface area (Å²) in [5, 5.41) is 6.75. The van der Waals surface area contributed by atoms with Crippen molar-refractivity contribution in [2.24, 2.45) is 0 Å². The first kappa shape index (κ1) is 18.8. The quantitative estimate of drug-likeness (QED) is 0.724. The molecule has 0 aliphatic heterocycles. The first-order chi connectivity index (χ1) is 11.4.